The van der Waals surface area contributed by atoms with E-state index in [1.165, 1.54) is 308 Å². The molecule has 0 aliphatic carbocycles. The van der Waals surface area contributed by atoms with E-state index in [0.717, 1.165) is 38.5 Å². The lowest BCUT2D eigenvalue weighted by atomic mass is 10.00. The van der Waals surface area contributed by atoms with Gasteiger partial charge in [-0.05, 0) is 38.5 Å². The Balaban J connectivity index is 3.56. The van der Waals surface area contributed by atoms with Crippen LogP contribution in [0.3, 0.4) is 0 Å². The number of rotatable bonds is 62. The molecule has 0 fully saturated rings. The fraction of sp³-hybridized carbons (Fsp3) is 0.955. The van der Waals surface area contributed by atoms with Gasteiger partial charge in [0.2, 0.25) is 5.91 Å². The van der Waals surface area contributed by atoms with E-state index in [1.54, 1.807) is 0 Å². The van der Waals surface area contributed by atoms with E-state index in [0.29, 0.717) is 12.8 Å². The van der Waals surface area contributed by atoms with Crippen molar-refractivity contribution in [3.63, 3.8) is 0 Å². The minimum Gasteiger partial charge on any atom is -0.394 e. The number of hydrogen-bond acceptors (Lipinski definition) is 5. The maximum Gasteiger partial charge on any atom is 0.249 e. The number of aliphatic hydroxyl groups is 4. The Labute approximate surface area is 451 Å². The molecule has 0 aliphatic rings. The third-order valence-corrected chi connectivity index (χ3v) is 16.0. The number of carbonyl (C=O) groups is 1. The van der Waals surface area contributed by atoms with Crippen LogP contribution in [0.2, 0.25) is 0 Å². The molecule has 0 rings (SSSR count). The normalized spacial score (nSPS) is 13.6. The van der Waals surface area contributed by atoms with Crippen molar-refractivity contribution in [3.05, 3.63) is 12.2 Å². The van der Waals surface area contributed by atoms with E-state index in [4.69, 9.17) is 0 Å². The molecule has 0 spiro atoms. The molecule has 0 aliphatic heterocycles. The number of unbranched alkanes of at least 4 members (excludes halogenated alkanes) is 51. The van der Waals surface area contributed by atoms with Crippen LogP contribution < -0.4 is 5.32 Å². The van der Waals surface area contributed by atoms with Crippen molar-refractivity contribution in [2.45, 2.75) is 398 Å². The molecule has 72 heavy (non-hydrogen) atoms. The molecule has 0 aromatic rings. The van der Waals surface area contributed by atoms with E-state index in [2.05, 4.69) is 31.3 Å². The minimum atomic E-state index is -1.28. The van der Waals surface area contributed by atoms with Crippen molar-refractivity contribution < 1.29 is 25.2 Å². The molecule has 0 radical (unpaired) electrons. The summed E-state index contributed by atoms with van der Waals surface area (Å²) in [4.78, 5) is 12.6. The summed E-state index contributed by atoms with van der Waals surface area (Å²) >= 11 is 0. The molecule has 5 N–H and O–H groups in total. The topological polar surface area (TPSA) is 110 Å². The summed E-state index contributed by atoms with van der Waals surface area (Å²) in [5, 5.41) is 44.1. The highest BCUT2D eigenvalue weighted by Gasteiger charge is 2.28. The molecular weight excluding hydrogens is 887 g/mol. The van der Waals surface area contributed by atoms with Gasteiger partial charge >= 0.3 is 0 Å². The first-order chi connectivity index (χ1) is 35.5. The zero-order valence-corrected chi connectivity index (χ0v) is 49.0. The fourth-order valence-corrected chi connectivity index (χ4v) is 10.8. The van der Waals surface area contributed by atoms with Gasteiger partial charge in [0.25, 0.3) is 0 Å². The van der Waals surface area contributed by atoms with Crippen LogP contribution in [0, 0.1) is 0 Å². The van der Waals surface area contributed by atoms with Crippen LogP contribution in [0.5, 0.6) is 0 Å². The van der Waals surface area contributed by atoms with Crippen molar-refractivity contribution >= 4 is 5.91 Å². The second-order valence-electron chi connectivity index (χ2n) is 23.2. The van der Waals surface area contributed by atoms with Crippen molar-refractivity contribution in [2.75, 3.05) is 6.61 Å². The summed E-state index contributed by atoms with van der Waals surface area (Å²) < 4.78 is 0. The van der Waals surface area contributed by atoms with E-state index < -0.39 is 36.9 Å². The van der Waals surface area contributed by atoms with Gasteiger partial charge in [-0.25, -0.2) is 0 Å². The van der Waals surface area contributed by atoms with Gasteiger partial charge in [0.1, 0.15) is 12.2 Å². The second kappa shape index (κ2) is 60.9. The van der Waals surface area contributed by atoms with Gasteiger partial charge in [-0.2, -0.15) is 0 Å². The molecule has 0 aromatic heterocycles. The maximum atomic E-state index is 12.6. The third-order valence-electron chi connectivity index (χ3n) is 16.0. The Morgan fingerprint density at radius 1 is 0.333 bits per heavy atom. The number of amides is 1. The molecule has 4 unspecified atom stereocenters. The highest BCUT2D eigenvalue weighted by Crippen LogP contribution is 2.19. The summed E-state index contributed by atoms with van der Waals surface area (Å²) in [6, 6.07) is -1.000. The van der Waals surface area contributed by atoms with E-state index in [-0.39, 0.29) is 0 Å². The van der Waals surface area contributed by atoms with Gasteiger partial charge in [0.05, 0.1) is 18.8 Å². The lowest BCUT2D eigenvalue weighted by molar-refractivity contribution is -0.132. The van der Waals surface area contributed by atoms with E-state index >= 15 is 0 Å². The molecule has 6 heteroatoms. The van der Waals surface area contributed by atoms with E-state index in [1.807, 2.05) is 0 Å². The van der Waals surface area contributed by atoms with Gasteiger partial charge in [-0.3, -0.25) is 4.79 Å². The lowest BCUT2D eigenvalue weighted by Gasteiger charge is -2.27. The predicted molar refractivity (Wildman–Crippen MR) is 316 cm³/mol. The van der Waals surface area contributed by atoms with Crippen LogP contribution in [0.1, 0.15) is 373 Å². The highest BCUT2D eigenvalue weighted by atomic mass is 16.3. The number of carbonyl (C=O) groups excluding carboxylic acids is 1. The van der Waals surface area contributed by atoms with Crippen molar-refractivity contribution in [3.8, 4) is 0 Å². The van der Waals surface area contributed by atoms with E-state index in [9.17, 15) is 25.2 Å². The molecule has 430 valence electrons. The van der Waals surface area contributed by atoms with Crippen LogP contribution in [-0.4, -0.2) is 57.3 Å². The minimum absolute atomic E-state index is 0.369. The van der Waals surface area contributed by atoms with Crippen molar-refractivity contribution in [1.82, 2.24) is 5.32 Å². The summed E-state index contributed by atoms with van der Waals surface area (Å²) in [6.45, 7) is 4.10. The molecule has 0 aromatic carbocycles. The first-order valence-electron chi connectivity index (χ1n) is 33.1. The van der Waals surface area contributed by atoms with Crippen molar-refractivity contribution in [1.29, 1.82) is 0 Å². The Hall–Kier alpha value is -0.950. The predicted octanol–water partition coefficient (Wildman–Crippen LogP) is 20.0. The van der Waals surface area contributed by atoms with Crippen LogP contribution in [-0.2, 0) is 4.79 Å². The van der Waals surface area contributed by atoms with Crippen LogP contribution in [0.25, 0.3) is 0 Å². The van der Waals surface area contributed by atoms with Gasteiger partial charge in [0, 0.05) is 0 Å². The summed E-state index contributed by atoms with van der Waals surface area (Å²) in [7, 11) is 0. The number of nitrogens with one attached hydrogen (secondary N) is 1. The molecule has 0 bridgehead atoms. The lowest BCUT2D eigenvalue weighted by Crippen LogP contribution is -2.53. The SMILES string of the molecule is CCCCCCCCCCCCCCCCCCCCCCCCC/C=C/CCCC(O)C(O)C(CO)NC(=O)C(O)CCCCCCCCCCCCCCCCCCCCCCCCCCCCCC. The smallest absolute Gasteiger partial charge is 0.249 e. The maximum absolute atomic E-state index is 12.6. The number of hydrogen-bond donors (Lipinski definition) is 5. The zero-order valence-electron chi connectivity index (χ0n) is 49.0. The quantitative estimate of drug-likeness (QED) is 0.0308. The molecule has 0 saturated carbocycles. The average molecular weight is 1020 g/mol. The Kier molecular flexibility index (Phi) is 60.1. The summed E-state index contributed by atoms with van der Waals surface area (Å²) in [6.07, 6.45) is 74.7. The standard InChI is InChI=1S/C66H131NO5/c1-3-5-7-9-11-13-15-17-19-21-23-25-27-29-31-33-35-37-39-41-43-45-47-49-51-53-55-57-59-63(69)65(71)62(61-68)67-66(72)64(70)60-58-56-54-52-50-48-46-44-42-40-38-36-34-32-30-28-26-24-22-20-18-16-14-12-10-8-6-4-2/h51,53,62-65,68-71H,3-50,52,54-61H2,1-2H3,(H,67,72)/b53-51+. The Morgan fingerprint density at radius 2 is 0.569 bits per heavy atom. The number of allylic oxidation sites excluding steroid dienone is 2. The third kappa shape index (κ3) is 53.9. The fourth-order valence-electron chi connectivity index (χ4n) is 10.8. The first kappa shape index (κ1) is 71.0. The average Bonchev–Trinajstić information content (AvgIpc) is 3.39. The van der Waals surface area contributed by atoms with Crippen molar-refractivity contribution in [2.24, 2.45) is 0 Å². The second-order valence-corrected chi connectivity index (χ2v) is 23.2. The number of aliphatic hydroxyl groups excluding tert-OH is 4. The zero-order chi connectivity index (χ0) is 52.3. The molecule has 4 atom stereocenters. The van der Waals surface area contributed by atoms with Crippen LogP contribution in [0.15, 0.2) is 12.2 Å². The molecular formula is C66H131NO5. The molecule has 6 nitrogen and oxygen atoms in total. The highest BCUT2D eigenvalue weighted by molar-refractivity contribution is 5.80. The van der Waals surface area contributed by atoms with Gasteiger partial charge < -0.3 is 25.7 Å². The van der Waals surface area contributed by atoms with Gasteiger partial charge in [-0.1, -0.05) is 347 Å². The first-order valence-corrected chi connectivity index (χ1v) is 33.1. The Morgan fingerprint density at radius 3 is 0.833 bits per heavy atom. The largest absolute Gasteiger partial charge is 0.394 e. The monoisotopic (exact) mass is 1020 g/mol. The van der Waals surface area contributed by atoms with Crippen LogP contribution >= 0.6 is 0 Å². The Bertz CT molecular complexity index is 1050. The van der Waals surface area contributed by atoms with Gasteiger partial charge in [-0.15, -0.1) is 0 Å². The van der Waals surface area contributed by atoms with Gasteiger partial charge in [0.15, 0.2) is 0 Å². The molecule has 0 saturated heterocycles. The van der Waals surface area contributed by atoms with Crippen LogP contribution in [0.4, 0.5) is 0 Å². The summed E-state index contributed by atoms with van der Waals surface area (Å²) in [5.41, 5.74) is 0. The molecule has 1 amide bonds. The summed E-state index contributed by atoms with van der Waals surface area (Å²) in [5.74, 6) is -0.584. The molecule has 0 heterocycles.